The van der Waals surface area contributed by atoms with Crippen molar-refractivity contribution in [3.8, 4) is 0 Å². The molecule has 3 nitrogen and oxygen atoms in total. The highest BCUT2D eigenvalue weighted by molar-refractivity contribution is 5.34. The standard InChI is InChI=1S/C16H25NO2/c1-3-18-16(19-4-2)15(17)14-11-6-5-10-13(14)12-8-7-9-12/h5-6,10-12,15-16H,3-4,7-9,17H2,1-2H3. The Labute approximate surface area is 116 Å². The van der Waals surface area contributed by atoms with Gasteiger partial charge in [0.15, 0.2) is 6.29 Å². The van der Waals surface area contributed by atoms with Gasteiger partial charge in [0.25, 0.3) is 0 Å². The molecule has 2 rings (SSSR count). The van der Waals surface area contributed by atoms with Crippen molar-refractivity contribution in [2.45, 2.75) is 51.4 Å². The van der Waals surface area contributed by atoms with Crippen LogP contribution in [0.1, 0.15) is 56.2 Å². The zero-order valence-corrected chi connectivity index (χ0v) is 12.0. The summed E-state index contributed by atoms with van der Waals surface area (Å²) in [6.45, 7) is 5.17. The Morgan fingerprint density at radius 1 is 1.16 bits per heavy atom. The third kappa shape index (κ3) is 3.35. The van der Waals surface area contributed by atoms with Crippen molar-refractivity contribution in [3.63, 3.8) is 0 Å². The van der Waals surface area contributed by atoms with Gasteiger partial charge in [-0.2, -0.15) is 0 Å². The fourth-order valence-corrected chi connectivity index (χ4v) is 2.64. The molecule has 1 aliphatic rings. The minimum absolute atomic E-state index is 0.211. The smallest absolute Gasteiger partial charge is 0.176 e. The summed E-state index contributed by atoms with van der Waals surface area (Å²) in [4.78, 5) is 0. The Bertz CT molecular complexity index is 384. The van der Waals surface area contributed by atoms with Crippen LogP contribution in [0.4, 0.5) is 0 Å². The maximum absolute atomic E-state index is 6.38. The molecule has 0 aliphatic heterocycles. The van der Waals surface area contributed by atoms with Crippen molar-refractivity contribution in [1.82, 2.24) is 0 Å². The molecule has 1 aliphatic carbocycles. The molecule has 106 valence electrons. The molecule has 19 heavy (non-hydrogen) atoms. The van der Waals surface area contributed by atoms with Gasteiger partial charge in [-0.25, -0.2) is 0 Å². The maximum Gasteiger partial charge on any atom is 0.176 e. The molecule has 3 heteroatoms. The predicted molar refractivity (Wildman–Crippen MR) is 77.0 cm³/mol. The van der Waals surface area contributed by atoms with Gasteiger partial charge in [0.2, 0.25) is 0 Å². The Morgan fingerprint density at radius 3 is 2.32 bits per heavy atom. The lowest BCUT2D eigenvalue weighted by molar-refractivity contribution is -0.149. The van der Waals surface area contributed by atoms with E-state index >= 15 is 0 Å². The molecule has 1 aromatic rings. The van der Waals surface area contributed by atoms with Crippen LogP contribution in [0, 0.1) is 0 Å². The third-order valence-corrected chi connectivity index (χ3v) is 3.86. The number of nitrogens with two attached hydrogens (primary N) is 1. The quantitative estimate of drug-likeness (QED) is 0.767. The Morgan fingerprint density at radius 2 is 1.79 bits per heavy atom. The Kier molecular flexibility index (Phi) is 5.37. The van der Waals surface area contributed by atoms with E-state index in [0.717, 1.165) is 0 Å². The lowest BCUT2D eigenvalue weighted by Crippen LogP contribution is -2.33. The molecule has 1 aromatic carbocycles. The van der Waals surface area contributed by atoms with E-state index in [1.807, 2.05) is 19.9 Å². The summed E-state index contributed by atoms with van der Waals surface area (Å²) in [5.41, 5.74) is 8.94. The van der Waals surface area contributed by atoms with E-state index in [9.17, 15) is 0 Å². The van der Waals surface area contributed by atoms with Crippen molar-refractivity contribution in [2.24, 2.45) is 5.73 Å². The van der Waals surface area contributed by atoms with Crippen LogP contribution in [-0.4, -0.2) is 19.5 Å². The molecule has 1 atom stereocenters. The molecule has 0 saturated heterocycles. The van der Waals surface area contributed by atoms with Gasteiger partial charge in [0.05, 0.1) is 6.04 Å². The predicted octanol–water partition coefficient (Wildman–Crippen LogP) is 3.35. The molecular formula is C16H25NO2. The summed E-state index contributed by atoms with van der Waals surface area (Å²) >= 11 is 0. The van der Waals surface area contributed by atoms with Crippen LogP contribution < -0.4 is 5.73 Å². The average Bonchev–Trinajstić information content (AvgIpc) is 2.36. The molecule has 0 spiro atoms. The monoisotopic (exact) mass is 263 g/mol. The first-order valence-corrected chi connectivity index (χ1v) is 7.35. The summed E-state index contributed by atoms with van der Waals surface area (Å²) in [6.07, 6.45) is 3.53. The summed E-state index contributed by atoms with van der Waals surface area (Å²) in [5, 5.41) is 0. The summed E-state index contributed by atoms with van der Waals surface area (Å²) in [5.74, 6) is 0.672. The molecule has 0 heterocycles. The van der Waals surface area contributed by atoms with E-state index < -0.39 is 0 Å². The highest BCUT2D eigenvalue weighted by Crippen LogP contribution is 2.39. The van der Waals surface area contributed by atoms with Gasteiger partial charge in [0, 0.05) is 13.2 Å². The second-order valence-electron chi connectivity index (χ2n) is 5.06. The van der Waals surface area contributed by atoms with Crippen molar-refractivity contribution >= 4 is 0 Å². The van der Waals surface area contributed by atoms with Crippen molar-refractivity contribution < 1.29 is 9.47 Å². The van der Waals surface area contributed by atoms with E-state index in [0.29, 0.717) is 19.1 Å². The van der Waals surface area contributed by atoms with Crippen LogP contribution in [-0.2, 0) is 9.47 Å². The second kappa shape index (κ2) is 7.04. The minimum atomic E-state index is -0.351. The third-order valence-electron chi connectivity index (χ3n) is 3.86. The van der Waals surface area contributed by atoms with Gasteiger partial charge < -0.3 is 15.2 Å². The van der Waals surface area contributed by atoms with Crippen molar-refractivity contribution in [3.05, 3.63) is 35.4 Å². The number of benzene rings is 1. The average molecular weight is 263 g/mol. The maximum atomic E-state index is 6.38. The van der Waals surface area contributed by atoms with E-state index in [1.165, 1.54) is 30.4 Å². The zero-order valence-electron chi connectivity index (χ0n) is 12.0. The number of rotatable bonds is 7. The molecule has 1 saturated carbocycles. The Hall–Kier alpha value is -0.900. The minimum Gasteiger partial charge on any atom is -0.351 e. The number of ether oxygens (including phenoxy) is 2. The summed E-state index contributed by atoms with van der Waals surface area (Å²) in [6, 6.07) is 8.25. The first kappa shape index (κ1) is 14.5. The van der Waals surface area contributed by atoms with Gasteiger partial charge in [-0.1, -0.05) is 30.7 Å². The number of hydrogen-bond acceptors (Lipinski definition) is 3. The van der Waals surface area contributed by atoms with Gasteiger partial charge in [-0.3, -0.25) is 0 Å². The molecule has 1 unspecified atom stereocenters. The van der Waals surface area contributed by atoms with E-state index in [4.69, 9.17) is 15.2 Å². The van der Waals surface area contributed by atoms with Crippen LogP contribution >= 0.6 is 0 Å². The summed E-state index contributed by atoms with van der Waals surface area (Å²) < 4.78 is 11.3. The van der Waals surface area contributed by atoms with Crippen LogP contribution in [0.5, 0.6) is 0 Å². The highest BCUT2D eigenvalue weighted by Gasteiger charge is 2.27. The van der Waals surface area contributed by atoms with Gasteiger partial charge >= 0.3 is 0 Å². The van der Waals surface area contributed by atoms with Crippen LogP contribution in [0.3, 0.4) is 0 Å². The second-order valence-corrected chi connectivity index (χ2v) is 5.06. The Balaban J connectivity index is 2.18. The van der Waals surface area contributed by atoms with Gasteiger partial charge in [-0.15, -0.1) is 0 Å². The number of hydrogen-bond donors (Lipinski definition) is 1. The molecular weight excluding hydrogens is 238 g/mol. The van der Waals surface area contributed by atoms with Crippen molar-refractivity contribution in [1.29, 1.82) is 0 Å². The largest absolute Gasteiger partial charge is 0.351 e. The molecule has 0 amide bonds. The SMILES string of the molecule is CCOC(OCC)C(N)c1ccccc1C1CCC1. The van der Waals surface area contributed by atoms with Gasteiger partial charge in [0.1, 0.15) is 0 Å². The van der Waals surface area contributed by atoms with E-state index in [-0.39, 0.29) is 12.3 Å². The van der Waals surface area contributed by atoms with Crippen molar-refractivity contribution in [2.75, 3.05) is 13.2 Å². The fourth-order valence-electron chi connectivity index (χ4n) is 2.64. The van der Waals surface area contributed by atoms with Crippen LogP contribution in [0.15, 0.2) is 24.3 Å². The molecule has 0 radical (unpaired) electrons. The normalized spacial score (nSPS) is 17.5. The van der Waals surface area contributed by atoms with Crippen LogP contribution in [0.2, 0.25) is 0 Å². The molecule has 0 bridgehead atoms. The highest BCUT2D eigenvalue weighted by atomic mass is 16.7. The van der Waals surface area contributed by atoms with Crippen LogP contribution in [0.25, 0.3) is 0 Å². The molecule has 1 fully saturated rings. The van der Waals surface area contributed by atoms with Gasteiger partial charge in [-0.05, 0) is 43.7 Å². The van der Waals surface area contributed by atoms with E-state index in [1.54, 1.807) is 0 Å². The lowest BCUT2D eigenvalue weighted by Gasteiger charge is -2.31. The molecule has 0 aromatic heterocycles. The molecule has 2 N–H and O–H groups in total. The summed E-state index contributed by atoms with van der Waals surface area (Å²) in [7, 11) is 0. The van der Waals surface area contributed by atoms with E-state index in [2.05, 4.69) is 18.2 Å². The first-order chi connectivity index (χ1) is 9.27. The fraction of sp³-hybridized carbons (Fsp3) is 0.625. The topological polar surface area (TPSA) is 44.5 Å². The lowest BCUT2D eigenvalue weighted by atomic mass is 9.77. The zero-order chi connectivity index (χ0) is 13.7. The first-order valence-electron chi connectivity index (χ1n) is 7.35.